The van der Waals surface area contributed by atoms with Crippen molar-refractivity contribution in [3.8, 4) is 0 Å². The van der Waals surface area contributed by atoms with E-state index in [1.807, 2.05) is 12.1 Å². The number of hydrogen-bond donors (Lipinski definition) is 0. The van der Waals surface area contributed by atoms with Crippen LogP contribution in [0.3, 0.4) is 0 Å². The molecule has 0 saturated heterocycles. The highest BCUT2D eigenvalue weighted by atomic mass is 15.1. The summed E-state index contributed by atoms with van der Waals surface area (Å²) in [7, 11) is 7.93. The van der Waals surface area contributed by atoms with Crippen LogP contribution in [0.15, 0.2) is 24.3 Å². The topological polar surface area (TPSA) is 3.24 Å². The van der Waals surface area contributed by atoms with Crippen molar-refractivity contribution in [3.05, 3.63) is 29.8 Å². The van der Waals surface area contributed by atoms with Crippen LogP contribution in [0.25, 0.3) is 0 Å². The number of rotatable bonds is 3. The van der Waals surface area contributed by atoms with Crippen molar-refractivity contribution in [3.63, 3.8) is 0 Å². The molecule has 0 bridgehead atoms. The quantitative estimate of drug-likeness (QED) is 0.696. The van der Waals surface area contributed by atoms with Crippen LogP contribution in [0, 0.1) is 0 Å². The fraction of sp³-hybridized carbons (Fsp3) is 0.571. The van der Waals surface area contributed by atoms with Crippen LogP contribution in [0.4, 0.5) is 0 Å². The molecule has 0 N–H and O–H groups in total. The van der Waals surface area contributed by atoms with Gasteiger partial charge in [0.25, 0.3) is 0 Å². The summed E-state index contributed by atoms with van der Waals surface area (Å²) in [5.74, 6) is 0. The molecule has 84 valence electrons. The normalized spacial score (nSPS) is 17.9. The Morgan fingerprint density at radius 2 is 1.75 bits per heavy atom. The maximum Gasteiger partial charge on any atom is 0.113 e. The molecule has 2 heteroatoms. The summed E-state index contributed by atoms with van der Waals surface area (Å²) < 4.78 is 0. The van der Waals surface area contributed by atoms with E-state index in [0.29, 0.717) is 0 Å². The maximum absolute atomic E-state index is 5.69. The molecule has 0 aromatic heterocycles. The molecule has 16 heavy (non-hydrogen) atoms. The van der Waals surface area contributed by atoms with E-state index in [9.17, 15) is 0 Å². The molecule has 0 atom stereocenters. The molecule has 2 rings (SSSR count). The third-order valence-electron chi connectivity index (χ3n) is 3.61. The lowest BCUT2D eigenvalue weighted by molar-refractivity contribution is 0.184. The first-order valence-electron chi connectivity index (χ1n) is 6.30. The van der Waals surface area contributed by atoms with Crippen molar-refractivity contribution in [1.82, 2.24) is 4.90 Å². The Morgan fingerprint density at radius 3 is 2.38 bits per heavy atom. The minimum Gasteiger partial charge on any atom is -0.299 e. The summed E-state index contributed by atoms with van der Waals surface area (Å²) in [6.45, 7) is 1.05. The molecule has 0 amide bonds. The minimum atomic E-state index is 0.784. The molecule has 1 aliphatic rings. The average Bonchev–Trinajstić information content (AvgIpc) is 2.33. The largest absolute Gasteiger partial charge is 0.299 e. The predicted octanol–water partition coefficient (Wildman–Crippen LogP) is 2.24. The maximum atomic E-state index is 5.69. The van der Waals surface area contributed by atoms with Crippen molar-refractivity contribution in [2.45, 2.75) is 44.7 Å². The zero-order valence-corrected chi connectivity index (χ0v) is 10.2. The minimum absolute atomic E-state index is 0.784. The Balaban J connectivity index is 1.90. The van der Waals surface area contributed by atoms with Crippen molar-refractivity contribution in [1.29, 1.82) is 0 Å². The second-order valence-corrected chi connectivity index (χ2v) is 4.95. The van der Waals surface area contributed by atoms with Gasteiger partial charge in [0.05, 0.1) is 0 Å². The standard InChI is InChI=1S/C14H20BN/c1-16(14-5-3-2-4-6-14)11-12-7-9-13(15)10-8-12/h7-10,14H,2-6,11H2,1H3. The van der Waals surface area contributed by atoms with E-state index in [1.165, 1.54) is 37.7 Å². The Kier molecular flexibility index (Phi) is 4.06. The number of hydrogen-bond acceptors (Lipinski definition) is 1. The highest BCUT2D eigenvalue weighted by molar-refractivity contribution is 6.32. The molecular formula is C14H20BN. The molecule has 2 radical (unpaired) electrons. The first kappa shape index (κ1) is 11.7. The van der Waals surface area contributed by atoms with E-state index in [2.05, 4.69) is 24.1 Å². The van der Waals surface area contributed by atoms with Crippen LogP contribution >= 0.6 is 0 Å². The molecule has 1 nitrogen and oxygen atoms in total. The Morgan fingerprint density at radius 1 is 1.12 bits per heavy atom. The van der Waals surface area contributed by atoms with E-state index in [-0.39, 0.29) is 0 Å². The summed E-state index contributed by atoms with van der Waals surface area (Å²) in [4.78, 5) is 2.49. The predicted molar refractivity (Wildman–Crippen MR) is 70.2 cm³/mol. The van der Waals surface area contributed by atoms with Crippen molar-refractivity contribution in [2.24, 2.45) is 0 Å². The van der Waals surface area contributed by atoms with E-state index in [0.717, 1.165) is 18.0 Å². The summed E-state index contributed by atoms with van der Waals surface area (Å²) in [6.07, 6.45) is 6.96. The van der Waals surface area contributed by atoms with E-state index < -0.39 is 0 Å². The van der Waals surface area contributed by atoms with Gasteiger partial charge in [0.2, 0.25) is 0 Å². The second kappa shape index (κ2) is 5.54. The highest BCUT2D eigenvalue weighted by Gasteiger charge is 2.17. The van der Waals surface area contributed by atoms with Gasteiger partial charge in [-0.25, -0.2) is 0 Å². The third kappa shape index (κ3) is 3.12. The summed E-state index contributed by atoms with van der Waals surface area (Å²) >= 11 is 0. The van der Waals surface area contributed by atoms with E-state index >= 15 is 0 Å². The van der Waals surface area contributed by atoms with Crippen molar-refractivity contribution in [2.75, 3.05) is 7.05 Å². The fourth-order valence-corrected chi connectivity index (χ4v) is 2.56. The number of nitrogens with zero attached hydrogens (tertiary/aromatic N) is 1. The molecular weight excluding hydrogens is 193 g/mol. The van der Waals surface area contributed by atoms with Gasteiger partial charge in [0, 0.05) is 12.6 Å². The van der Waals surface area contributed by atoms with Gasteiger partial charge in [0.1, 0.15) is 7.85 Å². The van der Waals surface area contributed by atoms with Crippen LogP contribution in [-0.2, 0) is 6.54 Å². The van der Waals surface area contributed by atoms with Gasteiger partial charge < -0.3 is 0 Å². The lowest BCUT2D eigenvalue weighted by Crippen LogP contribution is -2.32. The van der Waals surface area contributed by atoms with Crippen LogP contribution in [0.2, 0.25) is 0 Å². The molecule has 0 unspecified atom stereocenters. The van der Waals surface area contributed by atoms with Gasteiger partial charge >= 0.3 is 0 Å². The van der Waals surface area contributed by atoms with Crippen LogP contribution in [0.5, 0.6) is 0 Å². The van der Waals surface area contributed by atoms with Crippen LogP contribution < -0.4 is 5.46 Å². The molecule has 0 heterocycles. The Hall–Kier alpha value is -0.755. The smallest absolute Gasteiger partial charge is 0.113 e. The van der Waals surface area contributed by atoms with Crippen LogP contribution in [0.1, 0.15) is 37.7 Å². The van der Waals surface area contributed by atoms with Gasteiger partial charge in [-0.2, -0.15) is 0 Å². The monoisotopic (exact) mass is 213 g/mol. The Bertz CT molecular complexity index is 314. The van der Waals surface area contributed by atoms with Crippen molar-refractivity contribution < 1.29 is 0 Å². The van der Waals surface area contributed by atoms with E-state index in [1.54, 1.807) is 0 Å². The van der Waals surface area contributed by atoms with Crippen molar-refractivity contribution >= 4 is 13.3 Å². The van der Waals surface area contributed by atoms with E-state index in [4.69, 9.17) is 7.85 Å². The molecule has 1 fully saturated rings. The molecule has 1 saturated carbocycles. The zero-order valence-electron chi connectivity index (χ0n) is 10.2. The van der Waals surface area contributed by atoms with Gasteiger partial charge in [-0.05, 0) is 25.5 Å². The van der Waals surface area contributed by atoms with Gasteiger partial charge in [0.15, 0.2) is 0 Å². The SMILES string of the molecule is [B]c1ccc(CN(C)C2CCCCC2)cc1. The number of benzene rings is 1. The fourth-order valence-electron chi connectivity index (χ4n) is 2.56. The molecule has 1 aromatic rings. The summed E-state index contributed by atoms with van der Waals surface area (Å²) in [6, 6.07) is 9.03. The lowest BCUT2D eigenvalue weighted by atomic mass is 9.93. The van der Waals surface area contributed by atoms with Crippen LogP contribution in [-0.4, -0.2) is 25.8 Å². The molecule has 1 aromatic carbocycles. The summed E-state index contributed by atoms with van der Waals surface area (Å²) in [5, 5.41) is 0. The third-order valence-corrected chi connectivity index (χ3v) is 3.61. The van der Waals surface area contributed by atoms with Gasteiger partial charge in [-0.3, -0.25) is 4.90 Å². The molecule has 0 spiro atoms. The Labute approximate surface area is 100 Å². The van der Waals surface area contributed by atoms with Gasteiger partial charge in [-0.1, -0.05) is 49.0 Å². The lowest BCUT2D eigenvalue weighted by Gasteiger charge is -2.31. The van der Waals surface area contributed by atoms with Gasteiger partial charge in [-0.15, -0.1) is 0 Å². The average molecular weight is 213 g/mol. The second-order valence-electron chi connectivity index (χ2n) is 4.95. The summed E-state index contributed by atoms with van der Waals surface area (Å²) in [5.41, 5.74) is 2.21. The zero-order chi connectivity index (χ0) is 11.4. The first-order chi connectivity index (χ1) is 7.75. The highest BCUT2D eigenvalue weighted by Crippen LogP contribution is 2.22. The molecule has 1 aliphatic carbocycles. The first-order valence-corrected chi connectivity index (χ1v) is 6.30. The molecule has 0 aliphatic heterocycles.